The molecule has 0 bridgehead atoms. The number of benzene rings is 2. The number of nitro groups is 1. The molecule has 0 spiro atoms. The Kier molecular flexibility index (Phi) is 12.6. The molecule has 2 aromatic rings. The first kappa shape index (κ1) is 37.2. The van der Waals surface area contributed by atoms with E-state index < -0.39 is 41.7 Å². The monoisotopic (exact) mass is 687 g/mol. The van der Waals surface area contributed by atoms with Crippen molar-refractivity contribution in [1.29, 1.82) is 0 Å². The molecular weight excluding hydrogens is 647 g/mol. The van der Waals surface area contributed by atoms with Crippen LogP contribution >= 0.6 is 0 Å². The smallest absolute Gasteiger partial charge is 0.411 e. The molecule has 0 aliphatic carbocycles. The van der Waals surface area contributed by atoms with Crippen molar-refractivity contribution in [2.24, 2.45) is 4.99 Å². The molecule has 4 rings (SSSR count). The Bertz CT molecular complexity index is 1520. The molecule has 2 aliphatic rings. The molecule has 264 valence electrons. The lowest BCUT2D eigenvalue weighted by Gasteiger charge is -2.41. The summed E-state index contributed by atoms with van der Waals surface area (Å²) in [5.74, 6) is -1.09. The standard InChI is InChI=1S/C34H40F3N5O7/c1-3-49-32(45)33(26-8-5-4-6-9-26)14-18-40(19-15-33)16-7-17-41(23-44)31-28(20-48-21-34(35,36)37)39-24(2)30(38-22-43)29(31)25-10-12-27(13-11-25)42(46)47/h4-6,8-13,22-23,29-30H,3,7,14-21H2,1-2H3,(H,38,43). The number of hydrogen-bond donors (Lipinski definition) is 1. The number of ether oxygens (including phenoxy) is 2. The lowest BCUT2D eigenvalue weighted by atomic mass is 9.72. The number of nitrogens with zero attached hydrogens (tertiary/aromatic N) is 4. The molecule has 1 fully saturated rings. The maximum absolute atomic E-state index is 13.2. The SMILES string of the molecule is CCOC(=O)C1(c2ccccc2)CCN(CCCN(C=O)C2=C(COCC(F)(F)F)N=C(C)C(NC=O)C2c2ccc([N+](=O)[O-])cc2)CC1. The predicted octanol–water partition coefficient (Wildman–Crippen LogP) is 4.50. The molecule has 1 saturated heterocycles. The van der Waals surface area contributed by atoms with Crippen molar-refractivity contribution < 1.29 is 42.0 Å². The second kappa shape index (κ2) is 16.7. The number of esters is 1. The summed E-state index contributed by atoms with van der Waals surface area (Å²) in [4.78, 5) is 56.3. The van der Waals surface area contributed by atoms with Crippen LogP contribution in [0.2, 0.25) is 0 Å². The number of carbonyl (C=O) groups is 3. The number of rotatable bonds is 16. The van der Waals surface area contributed by atoms with Crippen LogP contribution in [0.1, 0.15) is 50.2 Å². The number of alkyl halides is 3. The highest BCUT2D eigenvalue weighted by atomic mass is 19.4. The van der Waals surface area contributed by atoms with Crippen LogP contribution in [0.4, 0.5) is 18.9 Å². The van der Waals surface area contributed by atoms with Gasteiger partial charge in [0.1, 0.15) is 6.61 Å². The van der Waals surface area contributed by atoms with Gasteiger partial charge in [0.2, 0.25) is 12.8 Å². The molecule has 2 atom stereocenters. The summed E-state index contributed by atoms with van der Waals surface area (Å²) in [6.45, 7) is 3.40. The van der Waals surface area contributed by atoms with E-state index in [4.69, 9.17) is 9.47 Å². The molecule has 2 unspecified atom stereocenters. The first-order chi connectivity index (χ1) is 23.4. The Morgan fingerprint density at radius 2 is 1.82 bits per heavy atom. The van der Waals surface area contributed by atoms with E-state index in [1.807, 2.05) is 30.3 Å². The first-order valence-electron chi connectivity index (χ1n) is 16.0. The molecule has 1 N–H and O–H groups in total. The number of hydrogen-bond acceptors (Lipinski definition) is 9. The van der Waals surface area contributed by atoms with E-state index >= 15 is 0 Å². The second-order valence-electron chi connectivity index (χ2n) is 11.9. The van der Waals surface area contributed by atoms with Crippen molar-refractivity contribution in [3.05, 3.63) is 87.2 Å². The molecule has 2 aromatic carbocycles. The lowest BCUT2D eigenvalue weighted by molar-refractivity contribution is -0.384. The molecular formula is C34H40F3N5O7. The third kappa shape index (κ3) is 9.09. The number of amides is 2. The number of halogens is 3. The van der Waals surface area contributed by atoms with Crippen molar-refractivity contribution in [2.45, 2.75) is 56.7 Å². The van der Waals surface area contributed by atoms with Gasteiger partial charge in [0.25, 0.3) is 5.69 Å². The molecule has 15 heteroatoms. The van der Waals surface area contributed by atoms with Crippen LogP contribution in [-0.2, 0) is 29.3 Å². The van der Waals surface area contributed by atoms with Crippen molar-refractivity contribution in [3.8, 4) is 0 Å². The van der Waals surface area contributed by atoms with Crippen LogP contribution in [0, 0.1) is 10.1 Å². The highest BCUT2D eigenvalue weighted by Crippen LogP contribution is 2.39. The van der Waals surface area contributed by atoms with E-state index in [1.54, 1.807) is 13.8 Å². The zero-order chi connectivity index (χ0) is 35.6. The topological polar surface area (TPSA) is 144 Å². The Balaban J connectivity index is 1.58. The summed E-state index contributed by atoms with van der Waals surface area (Å²) in [5, 5.41) is 14.0. The zero-order valence-electron chi connectivity index (χ0n) is 27.4. The van der Waals surface area contributed by atoms with E-state index in [-0.39, 0.29) is 36.2 Å². The van der Waals surface area contributed by atoms with E-state index in [0.717, 1.165) is 5.56 Å². The van der Waals surface area contributed by atoms with Gasteiger partial charge in [0.15, 0.2) is 0 Å². The summed E-state index contributed by atoms with van der Waals surface area (Å²) in [6, 6.07) is 14.2. The number of nitrogens with one attached hydrogen (secondary N) is 1. The third-order valence-electron chi connectivity index (χ3n) is 8.91. The second-order valence-corrected chi connectivity index (χ2v) is 11.9. The van der Waals surface area contributed by atoms with Crippen LogP contribution in [-0.4, -0.2) is 97.4 Å². The fourth-order valence-electron chi connectivity index (χ4n) is 6.57. The van der Waals surface area contributed by atoms with Crippen LogP contribution in [0.5, 0.6) is 0 Å². The zero-order valence-corrected chi connectivity index (χ0v) is 27.4. The van der Waals surface area contributed by atoms with Crippen LogP contribution in [0.15, 0.2) is 71.0 Å². The van der Waals surface area contributed by atoms with Gasteiger partial charge in [0, 0.05) is 24.4 Å². The molecule has 2 heterocycles. The average Bonchev–Trinajstić information content (AvgIpc) is 3.08. The third-order valence-corrected chi connectivity index (χ3v) is 8.91. The lowest BCUT2D eigenvalue weighted by Crippen LogP contribution is -2.49. The molecule has 0 saturated carbocycles. The number of likely N-dealkylation sites (tertiary alicyclic amines) is 1. The Morgan fingerprint density at radius 1 is 1.14 bits per heavy atom. The largest absolute Gasteiger partial charge is 0.465 e. The van der Waals surface area contributed by atoms with E-state index in [9.17, 15) is 37.7 Å². The summed E-state index contributed by atoms with van der Waals surface area (Å²) < 4.78 is 49.5. The van der Waals surface area contributed by atoms with Crippen molar-refractivity contribution in [1.82, 2.24) is 15.1 Å². The minimum absolute atomic E-state index is 0.0706. The van der Waals surface area contributed by atoms with Gasteiger partial charge >= 0.3 is 12.1 Å². The van der Waals surface area contributed by atoms with Crippen molar-refractivity contribution in [2.75, 3.05) is 46.0 Å². The summed E-state index contributed by atoms with van der Waals surface area (Å²) >= 11 is 0. The number of nitro benzene ring substituents is 1. The minimum Gasteiger partial charge on any atom is -0.465 e. The maximum Gasteiger partial charge on any atom is 0.411 e. The molecule has 0 aromatic heterocycles. The van der Waals surface area contributed by atoms with E-state index in [1.165, 1.54) is 29.2 Å². The van der Waals surface area contributed by atoms with Crippen molar-refractivity contribution in [3.63, 3.8) is 0 Å². The van der Waals surface area contributed by atoms with Gasteiger partial charge in [-0.2, -0.15) is 13.2 Å². The highest BCUT2D eigenvalue weighted by molar-refractivity contribution is 5.92. The molecule has 2 aliphatic heterocycles. The minimum atomic E-state index is -4.60. The van der Waals surface area contributed by atoms with Gasteiger partial charge in [-0.05, 0) is 63.9 Å². The molecule has 0 radical (unpaired) electrons. The maximum atomic E-state index is 13.2. The van der Waals surface area contributed by atoms with Gasteiger partial charge in [-0.15, -0.1) is 0 Å². The Labute approximate surface area is 282 Å². The van der Waals surface area contributed by atoms with Crippen LogP contribution in [0.25, 0.3) is 0 Å². The highest BCUT2D eigenvalue weighted by Gasteiger charge is 2.44. The molecule has 49 heavy (non-hydrogen) atoms. The van der Waals surface area contributed by atoms with Gasteiger partial charge in [0.05, 0.1) is 46.9 Å². The van der Waals surface area contributed by atoms with Gasteiger partial charge < -0.3 is 24.6 Å². The first-order valence-corrected chi connectivity index (χ1v) is 16.0. The molecule has 2 amide bonds. The number of carbonyl (C=O) groups excluding carboxylic acids is 3. The van der Waals surface area contributed by atoms with E-state index in [0.29, 0.717) is 63.0 Å². The Morgan fingerprint density at radius 3 is 2.39 bits per heavy atom. The van der Waals surface area contributed by atoms with Gasteiger partial charge in [-0.1, -0.05) is 42.5 Å². The van der Waals surface area contributed by atoms with Crippen LogP contribution < -0.4 is 5.32 Å². The normalized spacial score (nSPS) is 19.5. The quantitative estimate of drug-likeness (QED) is 0.118. The summed E-state index contributed by atoms with van der Waals surface area (Å²) in [6.07, 6.45) is -2.06. The average molecular weight is 688 g/mol. The number of piperidine rings is 1. The fraction of sp³-hybridized carbons (Fsp3) is 0.471. The number of aliphatic imine (C=N–C) groups is 1. The number of non-ortho nitro benzene ring substituents is 1. The van der Waals surface area contributed by atoms with Gasteiger partial charge in [-0.3, -0.25) is 29.5 Å². The van der Waals surface area contributed by atoms with E-state index in [2.05, 4.69) is 15.2 Å². The Hall–Kier alpha value is -4.63. The molecule has 12 nitrogen and oxygen atoms in total. The summed E-state index contributed by atoms with van der Waals surface area (Å²) in [5.41, 5.74) is 1.07. The fourth-order valence-corrected chi connectivity index (χ4v) is 6.57. The van der Waals surface area contributed by atoms with Crippen molar-refractivity contribution >= 4 is 30.2 Å². The predicted molar refractivity (Wildman–Crippen MR) is 174 cm³/mol. The van der Waals surface area contributed by atoms with Crippen LogP contribution in [0.3, 0.4) is 0 Å². The summed E-state index contributed by atoms with van der Waals surface area (Å²) in [7, 11) is 0. The van der Waals surface area contributed by atoms with Gasteiger partial charge in [-0.25, -0.2) is 0 Å².